The molecule has 2 N–H and O–H groups in total. The first-order valence-electron chi connectivity index (χ1n) is 9.16. The van der Waals surface area contributed by atoms with E-state index >= 15 is 0 Å². The van der Waals surface area contributed by atoms with Gasteiger partial charge in [-0.25, -0.2) is 0 Å². The van der Waals surface area contributed by atoms with Gasteiger partial charge in [-0.15, -0.1) is 0 Å². The first kappa shape index (κ1) is 22.7. The number of nitrogens with one attached hydrogen (secondary N) is 2. The molecule has 1 fully saturated rings. The number of carbonyl (C=O) groups excluding carboxylic acids is 1. The van der Waals surface area contributed by atoms with E-state index in [0.717, 1.165) is 11.3 Å². The van der Waals surface area contributed by atoms with E-state index in [-0.39, 0.29) is 17.1 Å². The highest BCUT2D eigenvalue weighted by molar-refractivity contribution is 6.61. The fraction of sp³-hybridized carbons (Fsp3) is 0.722. The summed E-state index contributed by atoms with van der Waals surface area (Å²) >= 11 is 0. The van der Waals surface area contributed by atoms with Gasteiger partial charge in [0.05, 0.1) is 23.3 Å². The van der Waals surface area contributed by atoms with Gasteiger partial charge in [-0.2, -0.15) is 0 Å². The molecule has 0 saturated carbocycles. The molecule has 1 saturated heterocycles. The van der Waals surface area contributed by atoms with E-state index in [2.05, 4.69) is 10.3 Å². The summed E-state index contributed by atoms with van der Waals surface area (Å²) in [5, 5.41) is 2.76. The quantitative estimate of drug-likeness (QED) is 0.769. The number of aromatic amines is 1. The highest BCUT2D eigenvalue weighted by Crippen LogP contribution is 2.36. The molecule has 0 bridgehead atoms. The minimum atomic E-state index is -0.437. The zero-order chi connectivity index (χ0) is 19.1. The second-order valence-corrected chi connectivity index (χ2v) is 5.89. The van der Waals surface area contributed by atoms with E-state index in [1.807, 2.05) is 75.3 Å². The third kappa shape index (κ3) is 4.42. The molecule has 138 valence electrons. The summed E-state index contributed by atoms with van der Waals surface area (Å²) in [5.41, 5.74) is 1.68. The number of hydrogen-bond donors (Lipinski definition) is 2. The van der Waals surface area contributed by atoms with Gasteiger partial charge in [-0.1, -0.05) is 41.5 Å². The van der Waals surface area contributed by atoms with Gasteiger partial charge in [0.1, 0.15) is 0 Å². The lowest BCUT2D eigenvalue weighted by Gasteiger charge is -2.32. The fourth-order valence-corrected chi connectivity index (χ4v) is 2.22. The van der Waals surface area contributed by atoms with Crippen molar-refractivity contribution in [3.63, 3.8) is 0 Å². The Morgan fingerprint density at radius 3 is 1.83 bits per heavy atom. The molecule has 24 heavy (non-hydrogen) atoms. The molecule has 0 aliphatic carbocycles. The van der Waals surface area contributed by atoms with Gasteiger partial charge in [0.25, 0.3) is 5.91 Å². The molecule has 0 radical (unpaired) electrons. The third-order valence-corrected chi connectivity index (χ3v) is 4.10. The molecular weight excluding hydrogens is 303 g/mol. The van der Waals surface area contributed by atoms with Crippen molar-refractivity contribution >= 4 is 18.6 Å². The van der Waals surface area contributed by atoms with Crippen LogP contribution in [0.25, 0.3) is 0 Å². The molecule has 2 aliphatic rings. The smallest absolute Gasteiger partial charge is 0.398 e. The van der Waals surface area contributed by atoms with Gasteiger partial charge >= 0.3 is 7.12 Å². The number of fused-ring (bicyclic) bond motifs is 1. The number of carbonyl (C=O) groups is 1. The monoisotopic (exact) mass is 338 g/mol. The standard InChI is InChI=1S/C12H17BN2O3.3C2H6/c1-11(2)12(3,4)18-13(17-11)9-5-7-8(15-9)6-14-10(7)16;3*1-2/h5,15H,6H2,1-4H3,(H,14,16);3*1-2H3. The molecule has 1 amide bonds. The lowest BCUT2D eigenvalue weighted by atomic mass is 9.85. The minimum Gasteiger partial charge on any atom is -0.398 e. The second kappa shape index (κ2) is 9.28. The van der Waals surface area contributed by atoms with E-state index in [0.29, 0.717) is 12.1 Å². The molecule has 0 spiro atoms. The maximum absolute atomic E-state index is 11.5. The lowest BCUT2D eigenvalue weighted by molar-refractivity contribution is 0.00578. The molecule has 5 nitrogen and oxygen atoms in total. The molecule has 0 unspecified atom stereocenters. The van der Waals surface area contributed by atoms with E-state index in [9.17, 15) is 4.79 Å². The first-order chi connectivity index (χ1) is 11.3. The first-order valence-corrected chi connectivity index (χ1v) is 9.16. The number of hydrogen-bond acceptors (Lipinski definition) is 3. The van der Waals surface area contributed by atoms with Crippen molar-refractivity contribution in [3.8, 4) is 0 Å². The van der Waals surface area contributed by atoms with E-state index in [1.165, 1.54) is 0 Å². The summed E-state index contributed by atoms with van der Waals surface area (Å²) in [6, 6.07) is 1.82. The van der Waals surface area contributed by atoms with Crippen molar-refractivity contribution in [3.05, 3.63) is 17.3 Å². The topological polar surface area (TPSA) is 63.3 Å². The highest BCUT2D eigenvalue weighted by Gasteiger charge is 2.52. The van der Waals surface area contributed by atoms with E-state index < -0.39 is 7.12 Å². The largest absolute Gasteiger partial charge is 0.512 e. The third-order valence-electron chi connectivity index (χ3n) is 4.10. The normalized spacial score (nSPS) is 18.9. The Morgan fingerprint density at radius 1 is 0.958 bits per heavy atom. The van der Waals surface area contributed by atoms with Crippen LogP contribution in [0.1, 0.15) is 85.3 Å². The molecule has 2 aliphatic heterocycles. The molecule has 1 aromatic rings. The Bertz CT molecular complexity index is 508. The Hall–Kier alpha value is -1.27. The maximum atomic E-state index is 11.5. The highest BCUT2D eigenvalue weighted by atomic mass is 16.7. The summed E-state index contributed by atoms with van der Waals surface area (Å²) in [6.45, 7) is 20.6. The van der Waals surface area contributed by atoms with E-state index in [1.54, 1.807) is 0 Å². The van der Waals surface area contributed by atoms with Crippen molar-refractivity contribution in [1.82, 2.24) is 10.3 Å². The number of rotatable bonds is 1. The van der Waals surface area contributed by atoms with Crippen molar-refractivity contribution in [1.29, 1.82) is 0 Å². The van der Waals surface area contributed by atoms with Crippen LogP contribution in [0.3, 0.4) is 0 Å². The van der Waals surface area contributed by atoms with Crippen LogP contribution in [0.15, 0.2) is 6.07 Å². The lowest BCUT2D eigenvalue weighted by Crippen LogP contribution is -2.41. The molecule has 3 rings (SSSR count). The number of amides is 1. The van der Waals surface area contributed by atoms with Crippen LogP contribution in [0.4, 0.5) is 0 Å². The van der Waals surface area contributed by atoms with Crippen molar-refractivity contribution in [2.75, 3.05) is 0 Å². The maximum Gasteiger partial charge on any atom is 0.512 e. The number of aromatic nitrogens is 1. The van der Waals surface area contributed by atoms with Crippen LogP contribution in [0.5, 0.6) is 0 Å². The Morgan fingerprint density at radius 2 is 1.42 bits per heavy atom. The van der Waals surface area contributed by atoms with Crippen LogP contribution in [-0.2, 0) is 15.9 Å². The van der Waals surface area contributed by atoms with Gasteiger partial charge in [-0.3, -0.25) is 4.79 Å². The van der Waals surface area contributed by atoms with Crippen LogP contribution in [0.2, 0.25) is 0 Å². The Labute approximate surface area is 148 Å². The van der Waals surface area contributed by atoms with Crippen LogP contribution >= 0.6 is 0 Å². The van der Waals surface area contributed by atoms with Gasteiger partial charge in [0, 0.05) is 11.3 Å². The minimum absolute atomic E-state index is 0.0379. The fourth-order valence-electron chi connectivity index (χ4n) is 2.22. The Balaban J connectivity index is 0.000000798. The van der Waals surface area contributed by atoms with Crippen LogP contribution < -0.4 is 10.9 Å². The number of H-pyrrole nitrogens is 1. The van der Waals surface area contributed by atoms with Gasteiger partial charge < -0.3 is 19.6 Å². The average Bonchev–Trinajstić information content (AvgIpc) is 3.20. The van der Waals surface area contributed by atoms with E-state index in [4.69, 9.17) is 9.31 Å². The van der Waals surface area contributed by atoms with Gasteiger partial charge in [0.2, 0.25) is 0 Å². The zero-order valence-electron chi connectivity index (χ0n) is 17.1. The second-order valence-electron chi connectivity index (χ2n) is 5.89. The molecule has 1 aromatic heterocycles. The van der Waals surface area contributed by atoms with Crippen molar-refractivity contribution in [2.24, 2.45) is 0 Å². The molecular formula is C18H35BN2O3. The van der Waals surface area contributed by atoms with Crippen LogP contribution in [0, 0.1) is 0 Å². The predicted octanol–water partition coefficient (Wildman–Crippen LogP) is 3.64. The summed E-state index contributed by atoms with van der Waals surface area (Å²) in [6.07, 6.45) is 0. The molecule has 0 aromatic carbocycles. The summed E-state index contributed by atoms with van der Waals surface area (Å²) < 4.78 is 11.9. The van der Waals surface area contributed by atoms with Crippen LogP contribution in [-0.4, -0.2) is 29.2 Å². The van der Waals surface area contributed by atoms with Gasteiger partial charge in [-0.05, 0) is 33.8 Å². The zero-order valence-corrected chi connectivity index (χ0v) is 17.1. The molecule has 0 atom stereocenters. The predicted molar refractivity (Wildman–Crippen MR) is 102 cm³/mol. The van der Waals surface area contributed by atoms with Crippen molar-refractivity contribution < 1.29 is 14.1 Å². The summed E-state index contributed by atoms with van der Waals surface area (Å²) in [5.74, 6) is -0.0379. The SMILES string of the molecule is CC.CC.CC.CC1(C)OB(c2cc3c([nH]2)CNC3=O)OC1(C)C. The van der Waals surface area contributed by atoms with Crippen molar-refractivity contribution in [2.45, 2.75) is 87.0 Å². The Kier molecular flexibility index (Phi) is 8.79. The summed E-state index contributed by atoms with van der Waals surface area (Å²) in [4.78, 5) is 14.7. The average molecular weight is 338 g/mol. The van der Waals surface area contributed by atoms with Gasteiger partial charge in [0.15, 0.2) is 0 Å². The molecule has 6 heteroatoms. The summed E-state index contributed by atoms with van der Waals surface area (Å²) in [7, 11) is -0.437. The molecule has 3 heterocycles.